The van der Waals surface area contributed by atoms with E-state index in [0.717, 1.165) is 23.3 Å². The summed E-state index contributed by atoms with van der Waals surface area (Å²) in [5.74, 6) is -9.84. The van der Waals surface area contributed by atoms with Crippen molar-refractivity contribution in [1.82, 2.24) is 0 Å². The topological polar surface area (TPSA) is 0 Å². The van der Waals surface area contributed by atoms with Crippen LogP contribution >= 0.6 is 0 Å². The Balaban J connectivity index is 0.000000458. The number of rotatable bonds is 0. The van der Waals surface area contributed by atoms with Gasteiger partial charge in [-0.05, 0) is 238 Å². The van der Waals surface area contributed by atoms with E-state index in [0.29, 0.717) is 44.5 Å². The number of halogens is 16. The molecule has 0 N–H and O–H groups in total. The molecule has 0 heterocycles. The van der Waals surface area contributed by atoms with Crippen LogP contribution in [-0.4, -0.2) is 0 Å². The third-order valence-corrected chi connectivity index (χ3v) is 11.6. The van der Waals surface area contributed by atoms with Crippen molar-refractivity contribution in [3.05, 3.63) is 279 Å². The second-order valence-electron chi connectivity index (χ2n) is 18.7. The van der Waals surface area contributed by atoms with E-state index in [1.807, 2.05) is 26.0 Å². The van der Waals surface area contributed by atoms with E-state index < -0.39 is 69.8 Å². The average molecular weight is 1140 g/mol. The Morgan fingerprint density at radius 3 is 0.613 bits per heavy atom. The Morgan fingerprint density at radius 2 is 0.362 bits per heavy atom. The second kappa shape index (κ2) is 32.6. The molecule has 0 aliphatic heterocycles. The molecule has 0 saturated carbocycles. The molecular formula is C64H64F16. The Kier molecular flexibility index (Phi) is 28.8. The van der Waals surface area contributed by atoms with Gasteiger partial charge >= 0.3 is 0 Å². The van der Waals surface area contributed by atoms with Gasteiger partial charge in [0.1, 0.15) is 58.2 Å². The number of hydrogen-bond donors (Lipinski definition) is 0. The molecule has 0 bridgehead atoms. The summed E-state index contributed by atoms with van der Waals surface area (Å²) in [5, 5.41) is 0. The zero-order chi connectivity index (χ0) is 61.8. The van der Waals surface area contributed by atoms with E-state index in [2.05, 4.69) is 0 Å². The summed E-state index contributed by atoms with van der Waals surface area (Å²) in [5.41, 5.74) is 5.60. The minimum Gasteiger partial charge on any atom is -0.207 e. The molecule has 0 amide bonds. The lowest BCUT2D eigenvalue weighted by Gasteiger charge is -2.01. The monoisotopic (exact) mass is 1140 g/mol. The van der Waals surface area contributed by atoms with Gasteiger partial charge in [-0.3, -0.25) is 0 Å². The van der Waals surface area contributed by atoms with Crippen LogP contribution < -0.4 is 0 Å². The van der Waals surface area contributed by atoms with Crippen molar-refractivity contribution >= 4 is 0 Å². The molecule has 0 aliphatic rings. The zero-order valence-corrected chi connectivity index (χ0v) is 47.3. The highest BCUT2D eigenvalue weighted by Crippen LogP contribution is 2.21. The molecule has 0 saturated heterocycles. The molecule has 8 aromatic rings. The Morgan fingerprint density at radius 1 is 0.163 bits per heavy atom. The molecule has 0 nitrogen and oxygen atoms in total. The first-order valence-electron chi connectivity index (χ1n) is 24.3. The Bertz CT molecular complexity index is 3020. The number of aryl methyl sites for hydroxylation is 12. The van der Waals surface area contributed by atoms with E-state index in [1.54, 1.807) is 52.0 Å². The van der Waals surface area contributed by atoms with Crippen molar-refractivity contribution in [2.24, 2.45) is 0 Å². The van der Waals surface area contributed by atoms with Gasteiger partial charge < -0.3 is 0 Å². The molecule has 0 atom stereocenters. The first-order valence-corrected chi connectivity index (χ1v) is 24.3. The quantitative estimate of drug-likeness (QED) is 0.105. The Hall–Kier alpha value is -7.36. The highest BCUT2D eigenvalue weighted by molar-refractivity contribution is 5.29. The van der Waals surface area contributed by atoms with Crippen LogP contribution in [0.15, 0.2) is 97.1 Å². The maximum Gasteiger partial charge on any atom is 0.164 e. The van der Waals surface area contributed by atoms with Gasteiger partial charge in [-0.25, -0.2) is 70.2 Å². The molecule has 0 radical (unpaired) electrons. The summed E-state index contributed by atoms with van der Waals surface area (Å²) < 4.78 is 202. The third-order valence-electron chi connectivity index (χ3n) is 11.6. The first-order chi connectivity index (χ1) is 36.9. The highest BCUT2D eigenvalue weighted by Gasteiger charge is 2.14. The van der Waals surface area contributed by atoms with Crippen molar-refractivity contribution in [1.29, 1.82) is 0 Å². The lowest BCUT2D eigenvalue weighted by molar-refractivity contribution is 0.480. The molecule has 0 spiro atoms. The van der Waals surface area contributed by atoms with Gasteiger partial charge in [0, 0.05) is 22.3 Å². The van der Waals surface area contributed by atoms with Gasteiger partial charge in [0.25, 0.3) is 0 Å². The van der Waals surface area contributed by atoms with E-state index in [1.165, 1.54) is 118 Å². The van der Waals surface area contributed by atoms with E-state index in [-0.39, 0.29) is 56.6 Å². The summed E-state index contributed by atoms with van der Waals surface area (Å²) in [6, 6.07) is 23.2. The number of benzene rings is 8. The maximum absolute atomic E-state index is 12.6. The smallest absolute Gasteiger partial charge is 0.164 e. The van der Waals surface area contributed by atoms with Crippen molar-refractivity contribution in [2.45, 2.75) is 111 Å². The summed E-state index contributed by atoms with van der Waals surface area (Å²) >= 11 is 0. The highest BCUT2D eigenvalue weighted by atomic mass is 19.2. The number of hydrogen-bond acceptors (Lipinski definition) is 0. The fourth-order valence-corrected chi connectivity index (χ4v) is 6.04. The molecule has 0 fully saturated rings. The summed E-state index contributed by atoms with van der Waals surface area (Å²) in [4.78, 5) is 0. The van der Waals surface area contributed by atoms with Gasteiger partial charge in [-0.1, -0.05) is 36.4 Å². The van der Waals surface area contributed by atoms with E-state index in [4.69, 9.17) is 0 Å². The predicted molar refractivity (Wildman–Crippen MR) is 287 cm³/mol. The minimum atomic E-state index is -1.09. The lowest BCUT2D eigenvalue weighted by atomic mass is 10.1. The largest absolute Gasteiger partial charge is 0.207 e. The van der Waals surface area contributed by atoms with Gasteiger partial charge in [0.2, 0.25) is 0 Å². The molecule has 8 rings (SSSR count). The standard InChI is InChI=1S/2C8H7F3.4C8H8F2.2C8H9F/c2*1-4-3-6(9)5(2)8(11)7(4)10;1-5-3-8(10)6(2)4-7(5)9;2*1-5-3-7(9)6(2)8(10)4-5;1-5-3-4-6(2)8(10)7(5)9;2*1-6-3-4-7(2)8(9)5-6/h2*3H,1-2H3;4*3-4H,1-2H3;2*3-5H,1-2H3. The molecular weight excluding hydrogens is 1070 g/mol. The molecule has 0 aromatic heterocycles. The molecule has 8 aromatic carbocycles. The Labute approximate surface area is 458 Å². The first kappa shape index (κ1) is 70.7. The SMILES string of the molecule is Cc1cc(F)c(C)c(F)c1.Cc1cc(F)c(C)c(F)c1.Cc1cc(F)c(C)c(F)c1F.Cc1cc(F)c(C)c(F)c1F.Cc1cc(F)c(C)cc1F.Cc1ccc(C)c(F)c1.Cc1ccc(C)c(F)c1.Cc1ccc(C)c(F)c1F. The zero-order valence-electron chi connectivity index (χ0n) is 47.3. The average Bonchev–Trinajstić information content (AvgIpc) is 3.38. The summed E-state index contributed by atoms with van der Waals surface area (Å²) in [6.45, 7) is 24.6. The van der Waals surface area contributed by atoms with E-state index in [9.17, 15) is 70.2 Å². The normalized spacial score (nSPS) is 10.0. The lowest BCUT2D eigenvalue weighted by Crippen LogP contribution is -1.96. The molecule has 432 valence electrons. The summed E-state index contributed by atoms with van der Waals surface area (Å²) in [6.07, 6.45) is 0. The van der Waals surface area contributed by atoms with Crippen LogP contribution in [0.1, 0.15) is 89.0 Å². The van der Waals surface area contributed by atoms with Crippen LogP contribution in [0.3, 0.4) is 0 Å². The van der Waals surface area contributed by atoms with Crippen molar-refractivity contribution < 1.29 is 70.2 Å². The summed E-state index contributed by atoms with van der Waals surface area (Å²) in [7, 11) is 0. The van der Waals surface area contributed by atoms with Crippen LogP contribution in [0, 0.1) is 204 Å². The van der Waals surface area contributed by atoms with E-state index >= 15 is 0 Å². The fourth-order valence-electron chi connectivity index (χ4n) is 6.04. The third kappa shape index (κ3) is 22.4. The van der Waals surface area contributed by atoms with Gasteiger partial charge in [0.05, 0.1) is 0 Å². The van der Waals surface area contributed by atoms with Gasteiger partial charge in [-0.2, -0.15) is 0 Å². The van der Waals surface area contributed by atoms with Crippen molar-refractivity contribution in [3.8, 4) is 0 Å². The van der Waals surface area contributed by atoms with Crippen LogP contribution in [0.5, 0.6) is 0 Å². The van der Waals surface area contributed by atoms with Crippen LogP contribution in [-0.2, 0) is 0 Å². The van der Waals surface area contributed by atoms with Crippen molar-refractivity contribution in [2.75, 3.05) is 0 Å². The van der Waals surface area contributed by atoms with Crippen LogP contribution in [0.25, 0.3) is 0 Å². The van der Waals surface area contributed by atoms with Gasteiger partial charge in [0.15, 0.2) is 34.9 Å². The minimum absolute atomic E-state index is 0.00870. The molecule has 16 heteroatoms. The van der Waals surface area contributed by atoms with Gasteiger partial charge in [-0.15, -0.1) is 0 Å². The van der Waals surface area contributed by atoms with Crippen molar-refractivity contribution in [3.63, 3.8) is 0 Å². The van der Waals surface area contributed by atoms with Crippen LogP contribution in [0.4, 0.5) is 70.2 Å². The second-order valence-corrected chi connectivity index (χ2v) is 18.7. The van der Waals surface area contributed by atoms with Crippen LogP contribution in [0.2, 0.25) is 0 Å². The molecule has 0 aliphatic carbocycles. The molecule has 0 unspecified atom stereocenters. The fraction of sp³-hybridized carbons (Fsp3) is 0.250. The molecule has 80 heavy (non-hydrogen) atoms. The maximum atomic E-state index is 12.6. The predicted octanol–water partition coefficient (Wildman–Crippen LogP) is 20.7.